The second kappa shape index (κ2) is 5.37. The van der Waals surface area contributed by atoms with Gasteiger partial charge >= 0.3 is 0 Å². The Balaban J connectivity index is 1.73. The molecule has 5 heteroatoms. The SMILES string of the molecule is CC(CNS(=O)(=O)c1ccc2c(c1)NCCC2)C1CC1. The molecule has 1 aliphatic heterocycles. The number of benzene rings is 1. The monoisotopic (exact) mass is 294 g/mol. The number of hydrogen-bond donors (Lipinski definition) is 2. The maximum Gasteiger partial charge on any atom is 0.240 e. The zero-order chi connectivity index (χ0) is 14.2. The Morgan fingerprint density at radius 1 is 1.40 bits per heavy atom. The summed E-state index contributed by atoms with van der Waals surface area (Å²) in [5.41, 5.74) is 2.18. The minimum absolute atomic E-state index is 0.369. The summed E-state index contributed by atoms with van der Waals surface area (Å²) in [5, 5.41) is 3.28. The van der Waals surface area contributed by atoms with E-state index >= 15 is 0 Å². The van der Waals surface area contributed by atoms with Gasteiger partial charge in [0.15, 0.2) is 0 Å². The third-order valence-corrected chi connectivity index (χ3v) is 5.77. The van der Waals surface area contributed by atoms with Crippen molar-refractivity contribution in [3.8, 4) is 0 Å². The van der Waals surface area contributed by atoms with Crippen molar-refractivity contribution in [1.82, 2.24) is 4.72 Å². The van der Waals surface area contributed by atoms with Gasteiger partial charge in [0, 0.05) is 18.8 Å². The highest BCUT2D eigenvalue weighted by Crippen LogP contribution is 2.36. The molecule has 0 saturated heterocycles. The van der Waals surface area contributed by atoms with Crippen LogP contribution in [-0.2, 0) is 16.4 Å². The van der Waals surface area contributed by atoms with Crippen LogP contribution in [-0.4, -0.2) is 21.5 Å². The molecule has 1 aliphatic carbocycles. The molecule has 110 valence electrons. The van der Waals surface area contributed by atoms with Crippen LogP contribution in [0.3, 0.4) is 0 Å². The van der Waals surface area contributed by atoms with Gasteiger partial charge in [-0.3, -0.25) is 0 Å². The fourth-order valence-electron chi connectivity index (χ4n) is 2.76. The quantitative estimate of drug-likeness (QED) is 0.876. The summed E-state index contributed by atoms with van der Waals surface area (Å²) in [6.07, 6.45) is 4.61. The maximum absolute atomic E-state index is 12.3. The van der Waals surface area contributed by atoms with Gasteiger partial charge in [-0.1, -0.05) is 13.0 Å². The third-order valence-electron chi connectivity index (χ3n) is 4.35. The van der Waals surface area contributed by atoms with Crippen molar-refractivity contribution in [3.63, 3.8) is 0 Å². The fraction of sp³-hybridized carbons (Fsp3) is 0.600. The van der Waals surface area contributed by atoms with Crippen molar-refractivity contribution in [2.24, 2.45) is 11.8 Å². The number of anilines is 1. The van der Waals surface area contributed by atoms with E-state index in [1.54, 1.807) is 12.1 Å². The second-order valence-corrected chi connectivity index (χ2v) is 7.78. The van der Waals surface area contributed by atoms with E-state index in [-0.39, 0.29) is 0 Å². The first-order valence-corrected chi connectivity index (χ1v) is 8.91. The molecule has 1 aromatic rings. The number of hydrogen-bond acceptors (Lipinski definition) is 3. The van der Waals surface area contributed by atoms with Crippen molar-refractivity contribution in [2.45, 2.75) is 37.5 Å². The highest BCUT2D eigenvalue weighted by atomic mass is 32.2. The van der Waals surface area contributed by atoms with E-state index in [9.17, 15) is 8.42 Å². The Labute approximate surface area is 121 Å². The molecule has 1 atom stereocenters. The number of fused-ring (bicyclic) bond motifs is 1. The van der Waals surface area contributed by atoms with E-state index < -0.39 is 10.0 Å². The van der Waals surface area contributed by atoms with Crippen molar-refractivity contribution < 1.29 is 8.42 Å². The smallest absolute Gasteiger partial charge is 0.240 e. The van der Waals surface area contributed by atoms with Crippen LogP contribution in [0, 0.1) is 11.8 Å². The van der Waals surface area contributed by atoms with Gasteiger partial charge < -0.3 is 5.32 Å². The summed E-state index contributed by atoms with van der Waals surface area (Å²) in [5.74, 6) is 1.14. The molecule has 1 fully saturated rings. The number of aryl methyl sites for hydroxylation is 1. The predicted molar refractivity (Wildman–Crippen MR) is 80.3 cm³/mol. The van der Waals surface area contributed by atoms with Gasteiger partial charge in [0.1, 0.15) is 0 Å². The topological polar surface area (TPSA) is 58.2 Å². The molecule has 3 rings (SSSR count). The molecule has 2 N–H and O–H groups in total. The van der Waals surface area contributed by atoms with Gasteiger partial charge in [0.2, 0.25) is 10.0 Å². The van der Waals surface area contributed by atoms with E-state index in [4.69, 9.17) is 0 Å². The minimum Gasteiger partial charge on any atom is -0.385 e. The predicted octanol–water partition coefficient (Wildman–Crippen LogP) is 2.37. The Morgan fingerprint density at radius 3 is 2.95 bits per heavy atom. The van der Waals surface area contributed by atoms with Crippen LogP contribution in [0.4, 0.5) is 5.69 Å². The Bertz CT molecular complexity index is 594. The highest BCUT2D eigenvalue weighted by Gasteiger charge is 2.29. The molecule has 1 heterocycles. The largest absolute Gasteiger partial charge is 0.385 e. The molecule has 4 nitrogen and oxygen atoms in total. The average Bonchev–Trinajstić information content (AvgIpc) is 3.29. The molecular weight excluding hydrogens is 272 g/mol. The van der Waals surface area contributed by atoms with Crippen LogP contribution >= 0.6 is 0 Å². The summed E-state index contributed by atoms with van der Waals surface area (Å²) in [6.45, 7) is 3.58. The van der Waals surface area contributed by atoms with Crippen molar-refractivity contribution >= 4 is 15.7 Å². The van der Waals surface area contributed by atoms with Gasteiger partial charge in [0.25, 0.3) is 0 Å². The van der Waals surface area contributed by atoms with Crippen LogP contribution in [0.25, 0.3) is 0 Å². The van der Waals surface area contributed by atoms with Crippen LogP contribution in [0.1, 0.15) is 31.7 Å². The first kappa shape index (κ1) is 13.9. The summed E-state index contributed by atoms with van der Waals surface area (Å²) in [7, 11) is -3.38. The first-order valence-electron chi connectivity index (χ1n) is 7.43. The molecule has 1 unspecified atom stereocenters. The van der Waals surface area contributed by atoms with Gasteiger partial charge in [0.05, 0.1) is 4.90 Å². The lowest BCUT2D eigenvalue weighted by molar-refractivity contribution is 0.492. The Kier molecular flexibility index (Phi) is 3.73. The van der Waals surface area contributed by atoms with Gasteiger partial charge in [-0.05, 0) is 55.2 Å². The lowest BCUT2D eigenvalue weighted by Gasteiger charge is -2.19. The Hall–Kier alpha value is -1.07. The lowest BCUT2D eigenvalue weighted by Crippen LogP contribution is -2.29. The number of sulfonamides is 1. The molecule has 0 amide bonds. The molecule has 20 heavy (non-hydrogen) atoms. The third kappa shape index (κ3) is 2.99. The van der Waals surface area contributed by atoms with E-state index in [2.05, 4.69) is 17.0 Å². The van der Waals surface area contributed by atoms with E-state index in [1.165, 1.54) is 18.4 Å². The van der Waals surface area contributed by atoms with Crippen LogP contribution in [0.2, 0.25) is 0 Å². The normalized spacial score (nSPS) is 20.1. The van der Waals surface area contributed by atoms with Crippen molar-refractivity contribution in [1.29, 1.82) is 0 Å². The Morgan fingerprint density at radius 2 is 2.20 bits per heavy atom. The summed E-state index contributed by atoms with van der Waals surface area (Å²) >= 11 is 0. The fourth-order valence-corrected chi connectivity index (χ4v) is 3.93. The highest BCUT2D eigenvalue weighted by molar-refractivity contribution is 7.89. The molecule has 0 radical (unpaired) electrons. The number of rotatable bonds is 5. The molecule has 0 spiro atoms. The number of nitrogens with one attached hydrogen (secondary N) is 2. The summed E-state index contributed by atoms with van der Waals surface area (Å²) in [4.78, 5) is 0.369. The van der Waals surface area contributed by atoms with Crippen molar-refractivity contribution in [2.75, 3.05) is 18.4 Å². The standard InChI is InChI=1S/C15H22N2O2S/c1-11(12-4-5-12)10-17-20(18,19)14-7-6-13-3-2-8-16-15(13)9-14/h6-7,9,11-12,16-17H,2-5,8,10H2,1H3. The molecule has 1 saturated carbocycles. The zero-order valence-electron chi connectivity index (χ0n) is 11.9. The molecular formula is C15H22N2O2S. The van der Waals surface area contributed by atoms with Crippen molar-refractivity contribution in [3.05, 3.63) is 23.8 Å². The van der Waals surface area contributed by atoms with Gasteiger partial charge in [-0.25, -0.2) is 13.1 Å². The van der Waals surface area contributed by atoms with E-state index in [0.29, 0.717) is 23.3 Å². The molecule has 0 aromatic heterocycles. The summed E-state index contributed by atoms with van der Waals surface area (Å²) < 4.78 is 27.4. The average molecular weight is 294 g/mol. The van der Waals surface area contributed by atoms with Gasteiger partial charge in [-0.2, -0.15) is 0 Å². The zero-order valence-corrected chi connectivity index (χ0v) is 12.7. The molecule has 1 aromatic carbocycles. The van der Waals surface area contributed by atoms with E-state index in [0.717, 1.165) is 25.1 Å². The van der Waals surface area contributed by atoms with E-state index in [1.807, 2.05) is 6.07 Å². The maximum atomic E-state index is 12.3. The minimum atomic E-state index is -3.38. The summed E-state index contributed by atoms with van der Waals surface area (Å²) in [6, 6.07) is 5.41. The van der Waals surface area contributed by atoms with Crippen LogP contribution in [0.5, 0.6) is 0 Å². The first-order chi connectivity index (χ1) is 9.56. The van der Waals surface area contributed by atoms with Crippen LogP contribution < -0.4 is 10.0 Å². The van der Waals surface area contributed by atoms with Gasteiger partial charge in [-0.15, -0.1) is 0 Å². The van der Waals surface area contributed by atoms with Crippen LogP contribution in [0.15, 0.2) is 23.1 Å². The lowest BCUT2D eigenvalue weighted by atomic mass is 10.0. The molecule has 0 bridgehead atoms. The second-order valence-electron chi connectivity index (χ2n) is 6.02. The molecule has 2 aliphatic rings.